The van der Waals surface area contributed by atoms with E-state index >= 15 is 0 Å². The summed E-state index contributed by atoms with van der Waals surface area (Å²) in [5.74, 6) is 6.46. The Hall–Kier alpha value is -0.940. The molecule has 0 amide bonds. The van der Waals surface area contributed by atoms with Crippen LogP contribution in [0.5, 0.6) is 0 Å². The molecule has 1 aromatic carbocycles. The Morgan fingerprint density at radius 2 is 2.15 bits per heavy atom. The molecule has 0 aromatic heterocycles. The molecule has 0 aliphatic rings. The maximum atomic E-state index is 13.0. The van der Waals surface area contributed by atoms with Crippen molar-refractivity contribution >= 4 is 11.8 Å². The lowest BCUT2D eigenvalue weighted by Crippen LogP contribution is -1.81. The number of hydrogen-bond acceptors (Lipinski definition) is 1. The van der Waals surface area contributed by atoms with Crippen LogP contribution in [0, 0.1) is 17.7 Å². The van der Waals surface area contributed by atoms with E-state index in [4.69, 9.17) is 0 Å². The molecule has 0 spiro atoms. The molecule has 0 bridgehead atoms. The van der Waals surface area contributed by atoms with Crippen molar-refractivity contribution in [2.45, 2.75) is 18.2 Å². The van der Waals surface area contributed by atoms with E-state index in [1.807, 2.05) is 13.0 Å². The molecule has 0 N–H and O–H groups in total. The van der Waals surface area contributed by atoms with Crippen molar-refractivity contribution in [3.8, 4) is 11.8 Å². The van der Waals surface area contributed by atoms with Crippen LogP contribution < -0.4 is 0 Å². The van der Waals surface area contributed by atoms with Crippen LogP contribution >= 0.6 is 11.8 Å². The normalized spacial score (nSPS) is 9.08. The lowest BCUT2D eigenvalue weighted by atomic mass is 10.3. The highest BCUT2D eigenvalue weighted by molar-refractivity contribution is 7.99. The summed E-state index contributed by atoms with van der Waals surface area (Å²) in [6.45, 7) is 1.81. The number of rotatable bonds is 3. The van der Waals surface area contributed by atoms with Crippen molar-refractivity contribution in [2.24, 2.45) is 0 Å². The maximum absolute atomic E-state index is 13.0. The van der Waals surface area contributed by atoms with Gasteiger partial charge in [0.2, 0.25) is 0 Å². The molecule has 0 fully saturated rings. The van der Waals surface area contributed by atoms with Crippen molar-refractivity contribution in [1.82, 2.24) is 0 Å². The molecule has 0 radical (unpaired) electrons. The van der Waals surface area contributed by atoms with Gasteiger partial charge < -0.3 is 0 Å². The van der Waals surface area contributed by atoms with Gasteiger partial charge in [0.25, 0.3) is 0 Å². The number of benzene rings is 1. The summed E-state index contributed by atoms with van der Waals surface area (Å²) < 4.78 is 13.0. The Bertz CT molecular complexity index is 322. The maximum Gasteiger partial charge on any atom is 0.136 e. The average molecular weight is 194 g/mol. The summed E-state index contributed by atoms with van der Waals surface area (Å²) in [6.07, 6.45) is 0.815. The molecule has 1 aromatic rings. The molecule has 0 unspecified atom stereocenters. The highest BCUT2D eigenvalue weighted by Crippen LogP contribution is 2.21. The van der Waals surface area contributed by atoms with Gasteiger partial charge >= 0.3 is 0 Å². The van der Waals surface area contributed by atoms with Crippen molar-refractivity contribution in [3.63, 3.8) is 0 Å². The van der Waals surface area contributed by atoms with Crippen molar-refractivity contribution in [3.05, 3.63) is 30.1 Å². The summed E-state index contributed by atoms with van der Waals surface area (Å²) in [7, 11) is 0. The van der Waals surface area contributed by atoms with E-state index in [-0.39, 0.29) is 5.82 Å². The first-order chi connectivity index (χ1) is 6.34. The zero-order valence-corrected chi connectivity index (χ0v) is 8.33. The second-order valence-corrected chi connectivity index (χ2v) is 3.59. The number of hydrogen-bond donors (Lipinski definition) is 0. The Labute approximate surface area is 82.5 Å². The second kappa shape index (κ2) is 5.66. The molecule has 0 aliphatic heterocycles. The van der Waals surface area contributed by atoms with E-state index in [1.165, 1.54) is 17.8 Å². The van der Waals surface area contributed by atoms with Crippen LogP contribution in [0.4, 0.5) is 4.39 Å². The molecule has 0 nitrogen and oxygen atoms in total. The zero-order chi connectivity index (χ0) is 9.52. The lowest BCUT2D eigenvalue weighted by Gasteiger charge is -1.99. The van der Waals surface area contributed by atoms with Crippen molar-refractivity contribution < 1.29 is 4.39 Å². The van der Waals surface area contributed by atoms with Gasteiger partial charge in [-0.05, 0) is 19.1 Å². The van der Waals surface area contributed by atoms with Crippen LogP contribution in [0.15, 0.2) is 29.2 Å². The SMILES string of the molecule is CC#CCCSc1ccccc1F. The fraction of sp³-hybridized carbons (Fsp3) is 0.273. The molecule has 68 valence electrons. The van der Waals surface area contributed by atoms with Crippen LogP contribution in [0.1, 0.15) is 13.3 Å². The second-order valence-electron chi connectivity index (χ2n) is 2.46. The Morgan fingerprint density at radius 3 is 2.85 bits per heavy atom. The van der Waals surface area contributed by atoms with Gasteiger partial charge in [-0.25, -0.2) is 4.39 Å². The quantitative estimate of drug-likeness (QED) is 0.404. The molecule has 0 saturated carbocycles. The number of thioether (sulfide) groups is 1. The summed E-state index contributed by atoms with van der Waals surface area (Å²) in [4.78, 5) is 0.709. The predicted molar refractivity (Wildman–Crippen MR) is 55.2 cm³/mol. The van der Waals surface area contributed by atoms with E-state index in [0.29, 0.717) is 4.90 Å². The minimum atomic E-state index is -0.142. The van der Waals surface area contributed by atoms with Gasteiger partial charge in [-0.1, -0.05) is 12.1 Å². The van der Waals surface area contributed by atoms with Crippen molar-refractivity contribution in [1.29, 1.82) is 0 Å². The third kappa shape index (κ3) is 3.52. The summed E-state index contributed by atoms with van der Waals surface area (Å²) >= 11 is 1.51. The molecular weight excluding hydrogens is 183 g/mol. The van der Waals surface area contributed by atoms with Gasteiger partial charge in [0.1, 0.15) is 5.82 Å². The van der Waals surface area contributed by atoms with Crippen LogP contribution in [0.2, 0.25) is 0 Å². The van der Waals surface area contributed by atoms with E-state index in [2.05, 4.69) is 11.8 Å². The highest BCUT2D eigenvalue weighted by atomic mass is 32.2. The molecule has 2 heteroatoms. The van der Waals surface area contributed by atoms with Gasteiger partial charge in [-0.3, -0.25) is 0 Å². The minimum absolute atomic E-state index is 0.142. The average Bonchev–Trinajstić information content (AvgIpc) is 2.15. The first-order valence-electron chi connectivity index (χ1n) is 4.11. The van der Waals surface area contributed by atoms with Gasteiger partial charge in [0.15, 0.2) is 0 Å². The van der Waals surface area contributed by atoms with Crippen LogP contribution in [-0.2, 0) is 0 Å². The Morgan fingerprint density at radius 1 is 1.38 bits per heavy atom. The monoisotopic (exact) mass is 194 g/mol. The van der Waals surface area contributed by atoms with Crippen LogP contribution in [0.3, 0.4) is 0 Å². The topological polar surface area (TPSA) is 0 Å². The largest absolute Gasteiger partial charge is 0.206 e. The van der Waals surface area contributed by atoms with Crippen LogP contribution in [-0.4, -0.2) is 5.75 Å². The summed E-state index contributed by atoms with van der Waals surface area (Å²) in [5, 5.41) is 0. The van der Waals surface area contributed by atoms with E-state index in [1.54, 1.807) is 12.1 Å². The lowest BCUT2D eigenvalue weighted by molar-refractivity contribution is 0.602. The molecule has 0 heterocycles. The summed E-state index contributed by atoms with van der Waals surface area (Å²) in [5.41, 5.74) is 0. The fourth-order valence-corrected chi connectivity index (χ4v) is 1.70. The first kappa shape index (κ1) is 10.1. The molecule has 0 atom stereocenters. The van der Waals surface area contributed by atoms with E-state index < -0.39 is 0 Å². The standard InChI is InChI=1S/C11H11FS/c1-2-3-6-9-13-11-8-5-4-7-10(11)12/h4-5,7-8H,6,9H2,1H3. The molecular formula is C11H11FS. The first-order valence-corrected chi connectivity index (χ1v) is 5.10. The third-order valence-corrected chi connectivity index (χ3v) is 2.55. The van der Waals surface area contributed by atoms with Gasteiger partial charge in [0, 0.05) is 17.1 Å². The molecule has 13 heavy (non-hydrogen) atoms. The summed E-state index contributed by atoms with van der Waals surface area (Å²) in [6, 6.07) is 6.81. The Kier molecular flexibility index (Phi) is 4.42. The highest BCUT2D eigenvalue weighted by Gasteiger charge is 1.98. The predicted octanol–water partition coefficient (Wildman–Crippen LogP) is 3.33. The Balaban J connectivity index is 2.44. The fourth-order valence-electron chi connectivity index (χ4n) is 0.899. The molecule has 1 rings (SSSR count). The van der Waals surface area contributed by atoms with Crippen molar-refractivity contribution in [2.75, 3.05) is 5.75 Å². The smallest absolute Gasteiger partial charge is 0.136 e. The van der Waals surface area contributed by atoms with E-state index in [9.17, 15) is 4.39 Å². The molecule has 0 aliphatic carbocycles. The zero-order valence-electron chi connectivity index (χ0n) is 7.51. The number of halogens is 1. The van der Waals surface area contributed by atoms with E-state index in [0.717, 1.165) is 12.2 Å². The minimum Gasteiger partial charge on any atom is -0.206 e. The van der Waals surface area contributed by atoms with Gasteiger partial charge in [-0.2, -0.15) is 0 Å². The molecule has 0 saturated heterocycles. The third-order valence-electron chi connectivity index (χ3n) is 1.50. The van der Waals surface area contributed by atoms with Gasteiger partial charge in [0.05, 0.1) is 0 Å². The van der Waals surface area contributed by atoms with Crippen LogP contribution in [0.25, 0.3) is 0 Å². The van der Waals surface area contributed by atoms with Gasteiger partial charge in [-0.15, -0.1) is 23.6 Å².